The molecule has 98 valence electrons. The Kier molecular flexibility index (Phi) is 3.17. The van der Waals surface area contributed by atoms with Gasteiger partial charge in [-0.25, -0.2) is 0 Å². The second-order valence-electron chi connectivity index (χ2n) is 4.91. The van der Waals surface area contributed by atoms with Crippen molar-refractivity contribution in [1.82, 2.24) is 0 Å². The van der Waals surface area contributed by atoms with Gasteiger partial charge in [0.25, 0.3) is 0 Å². The predicted octanol–water partition coefficient (Wildman–Crippen LogP) is 2.75. The molecule has 0 spiro atoms. The SMILES string of the molecule is Nc1cc2c(cc1OC1CCCCC1)OCCO2. The summed E-state index contributed by atoms with van der Waals surface area (Å²) in [4.78, 5) is 0. The van der Waals surface area contributed by atoms with Gasteiger partial charge >= 0.3 is 0 Å². The number of ether oxygens (including phenoxy) is 3. The average Bonchev–Trinajstić information content (AvgIpc) is 2.41. The molecule has 1 aliphatic heterocycles. The molecule has 0 radical (unpaired) electrons. The first kappa shape index (κ1) is 11.5. The molecule has 4 nitrogen and oxygen atoms in total. The van der Waals surface area contributed by atoms with Crippen molar-refractivity contribution in [2.45, 2.75) is 38.2 Å². The first-order valence-corrected chi connectivity index (χ1v) is 6.69. The zero-order chi connectivity index (χ0) is 12.4. The molecule has 0 amide bonds. The number of nitrogens with two attached hydrogens (primary N) is 1. The van der Waals surface area contributed by atoms with Crippen LogP contribution in [0.15, 0.2) is 12.1 Å². The van der Waals surface area contributed by atoms with Crippen molar-refractivity contribution in [3.63, 3.8) is 0 Å². The molecule has 0 saturated heterocycles. The van der Waals surface area contributed by atoms with Gasteiger partial charge in [-0.2, -0.15) is 0 Å². The predicted molar refractivity (Wildman–Crippen MR) is 69.3 cm³/mol. The Bertz CT molecular complexity index is 427. The van der Waals surface area contributed by atoms with E-state index in [1.165, 1.54) is 19.3 Å². The van der Waals surface area contributed by atoms with Gasteiger partial charge < -0.3 is 19.9 Å². The van der Waals surface area contributed by atoms with Crippen LogP contribution < -0.4 is 19.9 Å². The lowest BCUT2D eigenvalue weighted by atomic mass is 9.98. The number of hydrogen-bond donors (Lipinski definition) is 1. The maximum atomic E-state index is 6.00. The standard InChI is InChI=1S/C14H19NO3/c15-11-8-13-14(17-7-6-16-13)9-12(11)18-10-4-2-1-3-5-10/h8-10H,1-7,15H2. The minimum atomic E-state index is 0.295. The van der Waals surface area contributed by atoms with Crippen LogP contribution in [-0.4, -0.2) is 19.3 Å². The van der Waals surface area contributed by atoms with Crippen LogP contribution in [0.2, 0.25) is 0 Å². The third kappa shape index (κ3) is 2.33. The van der Waals surface area contributed by atoms with Crippen LogP contribution in [0.1, 0.15) is 32.1 Å². The molecule has 4 heteroatoms. The maximum absolute atomic E-state index is 6.00. The minimum Gasteiger partial charge on any atom is -0.488 e. The number of rotatable bonds is 2. The van der Waals surface area contributed by atoms with Crippen molar-refractivity contribution in [3.05, 3.63) is 12.1 Å². The van der Waals surface area contributed by atoms with E-state index >= 15 is 0 Å². The largest absolute Gasteiger partial charge is 0.488 e. The third-order valence-corrected chi connectivity index (χ3v) is 3.52. The summed E-state index contributed by atoms with van der Waals surface area (Å²) >= 11 is 0. The van der Waals surface area contributed by atoms with Crippen molar-refractivity contribution in [3.8, 4) is 17.2 Å². The molecule has 0 atom stereocenters. The molecule has 18 heavy (non-hydrogen) atoms. The van der Waals surface area contributed by atoms with E-state index < -0.39 is 0 Å². The number of fused-ring (bicyclic) bond motifs is 1. The van der Waals surface area contributed by atoms with Crippen LogP contribution in [-0.2, 0) is 0 Å². The summed E-state index contributed by atoms with van der Waals surface area (Å²) < 4.78 is 17.0. The lowest BCUT2D eigenvalue weighted by molar-refractivity contribution is 0.150. The molecule has 1 aliphatic carbocycles. The summed E-state index contributed by atoms with van der Waals surface area (Å²) in [6.07, 6.45) is 6.34. The molecule has 1 aromatic carbocycles. The number of anilines is 1. The van der Waals surface area contributed by atoms with E-state index in [0.717, 1.165) is 30.1 Å². The van der Waals surface area contributed by atoms with Gasteiger partial charge in [0.05, 0.1) is 11.8 Å². The Labute approximate surface area is 107 Å². The van der Waals surface area contributed by atoms with Crippen LogP contribution in [0.4, 0.5) is 5.69 Å². The first-order chi connectivity index (χ1) is 8.83. The normalized spacial score (nSPS) is 19.6. The van der Waals surface area contributed by atoms with Crippen molar-refractivity contribution < 1.29 is 14.2 Å². The third-order valence-electron chi connectivity index (χ3n) is 3.52. The average molecular weight is 249 g/mol. The molecule has 2 N–H and O–H groups in total. The van der Waals surface area contributed by atoms with Crippen LogP contribution in [0.3, 0.4) is 0 Å². The Morgan fingerprint density at radius 1 is 1.00 bits per heavy atom. The van der Waals surface area contributed by atoms with Gasteiger partial charge in [-0.1, -0.05) is 6.42 Å². The minimum absolute atomic E-state index is 0.295. The molecule has 0 aromatic heterocycles. The zero-order valence-electron chi connectivity index (χ0n) is 10.5. The number of nitrogen functional groups attached to an aromatic ring is 1. The summed E-state index contributed by atoms with van der Waals surface area (Å²) in [7, 11) is 0. The van der Waals surface area contributed by atoms with Gasteiger partial charge in [0.1, 0.15) is 19.0 Å². The lowest BCUT2D eigenvalue weighted by Gasteiger charge is -2.25. The molecule has 1 aromatic rings. The van der Waals surface area contributed by atoms with E-state index in [1.807, 2.05) is 6.07 Å². The molecular weight excluding hydrogens is 230 g/mol. The fourth-order valence-electron chi connectivity index (χ4n) is 2.55. The highest BCUT2D eigenvalue weighted by molar-refractivity contribution is 5.62. The number of hydrogen-bond acceptors (Lipinski definition) is 4. The maximum Gasteiger partial charge on any atom is 0.165 e. The van der Waals surface area contributed by atoms with E-state index in [-0.39, 0.29) is 0 Å². The fourth-order valence-corrected chi connectivity index (χ4v) is 2.55. The number of benzene rings is 1. The van der Waals surface area contributed by atoms with E-state index in [0.29, 0.717) is 25.0 Å². The van der Waals surface area contributed by atoms with Gasteiger partial charge in [-0.3, -0.25) is 0 Å². The Balaban J connectivity index is 1.78. The van der Waals surface area contributed by atoms with Gasteiger partial charge in [0, 0.05) is 12.1 Å². The van der Waals surface area contributed by atoms with E-state index in [9.17, 15) is 0 Å². The zero-order valence-corrected chi connectivity index (χ0v) is 10.5. The molecular formula is C14H19NO3. The van der Waals surface area contributed by atoms with Gasteiger partial charge in [0.15, 0.2) is 11.5 Å². The molecule has 0 bridgehead atoms. The topological polar surface area (TPSA) is 53.7 Å². The van der Waals surface area contributed by atoms with Crippen molar-refractivity contribution >= 4 is 5.69 Å². The van der Waals surface area contributed by atoms with Crippen LogP contribution in [0.25, 0.3) is 0 Å². The second-order valence-corrected chi connectivity index (χ2v) is 4.91. The summed E-state index contributed by atoms with van der Waals surface area (Å²) in [6, 6.07) is 3.66. The summed E-state index contributed by atoms with van der Waals surface area (Å²) in [5, 5.41) is 0. The highest BCUT2D eigenvalue weighted by Crippen LogP contribution is 2.39. The molecule has 1 heterocycles. The van der Waals surface area contributed by atoms with Crippen molar-refractivity contribution in [1.29, 1.82) is 0 Å². The smallest absolute Gasteiger partial charge is 0.165 e. The van der Waals surface area contributed by atoms with E-state index in [2.05, 4.69) is 0 Å². The van der Waals surface area contributed by atoms with Crippen LogP contribution in [0.5, 0.6) is 17.2 Å². The van der Waals surface area contributed by atoms with Crippen LogP contribution in [0, 0.1) is 0 Å². The molecule has 3 rings (SSSR count). The summed E-state index contributed by atoms with van der Waals surface area (Å²) in [5.74, 6) is 2.18. The Hall–Kier alpha value is -1.58. The fraction of sp³-hybridized carbons (Fsp3) is 0.571. The molecule has 2 aliphatic rings. The van der Waals surface area contributed by atoms with Crippen LogP contribution >= 0.6 is 0 Å². The van der Waals surface area contributed by atoms with Gasteiger partial charge in [-0.15, -0.1) is 0 Å². The highest BCUT2D eigenvalue weighted by Gasteiger charge is 2.19. The van der Waals surface area contributed by atoms with Crippen molar-refractivity contribution in [2.24, 2.45) is 0 Å². The van der Waals surface area contributed by atoms with Crippen molar-refractivity contribution in [2.75, 3.05) is 18.9 Å². The summed E-state index contributed by atoms with van der Waals surface area (Å²) in [5.41, 5.74) is 6.63. The highest BCUT2D eigenvalue weighted by atomic mass is 16.6. The van der Waals surface area contributed by atoms with E-state index in [4.69, 9.17) is 19.9 Å². The Morgan fingerprint density at radius 3 is 2.39 bits per heavy atom. The van der Waals surface area contributed by atoms with Gasteiger partial charge in [-0.05, 0) is 25.7 Å². The Morgan fingerprint density at radius 2 is 1.67 bits per heavy atom. The second kappa shape index (κ2) is 4.96. The first-order valence-electron chi connectivity index (χ1n) is 6.69. The van der Waals surface area contributed by atoms with Gasteiger partial charge in [0.2, 0.25) is 0 Å². The molecule has 0 unspecified atom stereocenters. The quantitative estimate of drug-likeness (QED) is 0.819. The molecule has 1 saturated carbocycles. The summed E-state index contributed by atoms with van der Waals surface area (Å²) in [6.45, 7) is 1.16. The molecule has 1 fully saturated rings. The van der Waals surface area contributed by atoms with E-state index in [1.54, 1.807) is 6.07 Å². The lowest BCUT2D eigenvalue weighted by Crippen LogP contribution is -2.21. The monoisotopic (exact) mass is 249 g/mol.